The molecular weight excluding hydrogens is 453 g/mol. The van der Waals surface area contributed by atoms with E-state index in [0.717, 1.165) is 22.2 Å². The van der Waals surface area contributed by atoms with Gasteiger partial charge in [-0.15, -0.1) is 0 Å². The minimum atomic E-state index is -0.597. The number of fused-ring (bicyclic) bond motifs is 1. The number of halogens is 2. The summed E-state index contributed by atoms with van der Waals surface area (Å²) in [6, 6.07) is 20.7. The van der Waals surface area contributed by atoms with Crippen LogP contribution in [0.1, 0.15) is 39.5 Å². The Kier molecular flexibility index (Phi) is 5.75. The van der Waals surface area contributed by atoms with Crippen molar-refractivity contribution in [3.63, 3.8) is 0 Å². The van der Waals surface area contributed by atoms with Crippen molar-refractivity contribution in [3.8, 4) is 5.75 Å². The van der Waals surface area contributed by atoms with Crippen LogP contribution in [0.2, 0.25) is 5.15 Å². The zero-order valence-corrected chi connectivity index (χ0v) is 19.4. The Bertz CT molecular complexity index is 1440. The number of hydrogen-bond donors (Lipinski definition) is 0. The summed E-state index contributed by atoms with van der Waals surface area (Å²) in [5, 5.41) is 7.08. The maximum Gasteiger partial charge on any atom is 0.277 e. The topological polar surface area (TPSA) is 54.8 Å². The van der Waals surface area contributed by atoms with E-state index in [1.54, 1.807) is 25.3 Å². The van der Waals surface area contributed by atoms with Crippen LogP contribution in [0, 0.1) is 12.7 Å². The molecule has 3 aromatic carbocycles. The molecule has 170 valence electrons. The number of amides is 1. The maximum atomic E-state index is 14.5. The van der Waals surface area contributed by atoms with E-state index in [2.05, 4.69) is 10.1 Å². The molecule has 1 amide bonds. The molecule has 4 aromatic rings. The number of aromatic nitrogens is 1. The first kappa shape index (κ1) is 22.0. The summed E-state index contributed by atoms with van der Waals surface area (Å²) in [6.07, 6.45) is 0.423. The average molecular weight is 474 g/mol. The molecule has 5 nitrogen and oxygen atoms in total. The maximum absolute atomic E-state index is 14.5. The lowest BCUT2D eigenvalue weighted by molar-refractivity contribution is 0.0706. The molecule has 0 bridgehead atoms. The van der Waals surface area contributed by atoms with Gasteiger partial charge in [0.1, 0.15) is 16.7 Å². The Morgan fingerprint density at radius 2 is 1.85 bits per heavy atom. The van der Waals surface area contributed by atoms with Crippen molar-refractivity contribution >= 4 is 34.1 Å². The standard InChI is InChI=1S/C27H21ClFN3O2/c1-16-7-9-17(10-8-16)24-15-25(32(31-24)27(33)20-5-3-4-6-22(20)29)21-13-18-11-12-19(34-2)14-23(18)30-26(21)28/h3-14,25H,15H2,1-2H3/t25-/m1/s1. The molecule has 1 aromatic heterocycles. The summed E-state index contributed by atoms with van der Waals surface area (Å²) in [4.78, 5) is 18.0. The largest absolute Gasteiger partial charge is 0.497 e. The second kappa shape index (κ2) is 8.88. The SMILES string of the molecule is COc1ccc2cc([C@H]3CC(c4ccc(C)cc4)=NN3C(=O)c3ccccc3F)c(Cl)nc2c1. The number of benzene rings is 3. The van der Waals surface area contributed by atoms with Gasteiger partial charge in [0, 0.05) is 23.4 Å². The van der Waals surface area contributed by atoms with Gasteiger partial charge >= 0.3 is 0 Å². The molecule has 34 heavy (non-hydrogen) atoms. The predicted molar refractivity (Wildman–Crippen MR) is 131 cm³/mol. The molecule has 0 aliphatic carbocycles. The first-order valence-corrected chi connectivity index (χ1v) is 11.2. The summed E-state index contributed by atoms with van der Waals surface area (Å²) >= 11 is 6.63. The van der Waals surface area contributed by atoms with Crippen LogP contribution in [0.15, 0.2) is 77.9 Å². The van der Waals surface area contributed by atoms with Gasteiger partial charge in [0.05, 0.1) is 29.9 Å². The Morgan fingerprint density at radius 3 is 2.59 bits per heavy atom. The Balaban J connectivity index is 1.61. The highest BCUT2D eigenvalue weighted by atomic mass is 35.5. The highest BCUT2D eigenvalue weighted by Crippen LogP contribution is 2.38. The van der Waals surface area contributed by atoms with E-state index < -0.39 is 17.8 Å². The fraction of sp³-hybridized carbons (Fsp3) is 0.148. The van der Waals surface area contributed by atoms with Gasteiger partial charge in [0.15, 0.2) is 0 Å². The lowest BCUT2D eigenvalue weighted by atomic mass is 9.97. The summed E-state index contributed by atoms with van der Waals surface area (Å²) < 4.78 is 19.8. The number of carbonyl (C=O) groups is 1. The number of ether oxygens (including phenoxy) is 1. The molecule has 0 radical (unpaired) electrons. The smallest absolute Gasteiger partial charge is 0.277 e. The molecule has 1 aliphatic heterocycles. The van der Waals surface area contributed by atoms with E-state index in [4.69, 9.17) is 16.3 Å². The number of hydrazone groups is 1. The lowest BCUT2D eigenvalue weighted by Gasteiger charge is -2.23. The van der Waals surface area contributed by atoms with Crippen LogP contribution >= 0.6 is 11.6 Å². The number of rotatable bonds is 4. The summed E-state index contributed by atoms with van der Waals surface area (Å²) in [5.74, 6) is -0.456. The van der Waals surface area contributed by atoms with Gasteiger partial charge < -0.3 is 4.74 Å². The molecule has 0 spiro atoms. The molecule has 0 saturated carbocycles. The number of pyridine rings is 1. The molecule has 1 atom stereocenters. The number of carbonyl (C=O) groups excluding carboxylic acids is 1. The molecular formula is C27H21ClFN3O2. The van der Waals surface area contributed by atoms with E-state index in [9.17, 15) is 9.18 Å². The van der Waals surface area contributed by atoms with Crippen molar-refractivity contribution in [2.24, 2.45) is 5.10 Å². The summed E-state index contributed by atoms with van der Waals surface area (Å²) in [5.41, 5.74) is 4.02. The normalized spacial score (nSPS) is 15.5. The Labute approximate surface area is 201 Å². The second-order valence-electron chi connectivity index (χ2n) is 8.19. The zero-order chi connectivity index (χ0) is 23.8. The van der Waals surface area contributed by atoms with Gasteiger partial charge in [0.2, 0.25) is 0 Å². The monoisotopic (exact) mass is 473 g/mol. The third kappa shape index (κ3) is 4.01. The van der Waals surface area contributed by atoms with Gasteiger partial charge in [-0.1, -0.05) is 53.6 Å². The van der Waals surface area contributed by atoms with Crippen molar-refractivity contribution < 1.29 is 13.9 Å². The van der Waals surface area contributed by atoms with E-state index >= 15 is 0 Å². The summed E-state index contributed by atoms with van der Waals surface area (Å²) in [7, 11) is 1.59. The zero-order valence-electron chi connectivity index (χ0n) is 18.6. The number of nitrogens with zero attached hydrogens (tertiary/aromatic N) is 3. The quantitative estimate of drug-likeness (QED) is 0.325. The fourth-order valence-corrected chi connectivity index (χ4v) is 4.39. The van der Waals surface area contributed by atoms with E-state index in [1.807, 2.05) is 49.4 Å². The van der Waals surface area contributed by atoms with Crippen molar-refractivity contribution in [1.29, 1.82) is 0 Å². The third-order valence-corrected chi connectivity index (χ3v) is 6.27. The number of hydrogen-bond acceptors (Lipinski definition) is 4. The van der Waals surface area contributed by atoms with E-state index in [-0.39, 0.29) is 10.7 Å². The van der Waals surface area contributed by atoms with Gasteiger partial charge in [-0.25, -0.2) is 14.4 Å². The average Bonchev–Trinajstić information content (AvgIpc) is 3.28. The molecule has 0 unspecified atom stereocenters. The van der Waals surface area contributed by atoms with Gasteiger partial charge in [0.25, 0.3) is 5.91 Å². The molecule has 5 rings (SSSR count). The Hall–Kier alpha value is -3.77. The summed E-state index contributed by atoms with van der Waals surface area (Å²) in [6.45, 7) is 2.01. The van der Waals surface area contributed by atoms with Crippen LogP contribution in [0.25, 0.3) is 10.9 Å². The van der Waals surface area contributed by atoms with Gasteiger partial charge in [-0.05, 0) is 42.8 Å². The third-order valence-electron chi connectivity index (χ3n) is 5.97. The van der Waals surface area contributed by atoms with Crippen LogP contribution in [-0.4, -0.2) is 28.7 Å². The number of aryl methyl sites for hydroxylation is 1. The van der Waals surface area contributed by atoms with Crippen molar-refractivity contribution in [2.45, 2.75) is 19.4 Å². The van der Waals surface area contributed by atoms with Gasteiger partial charge in [-0.2, -0.15) is 5.10 Å². The molecule has 2 heterocycles. The minimum Gasteiger partial charge on any atom is -0.497 e. The fourth-order valence-electron chi connectivity index (χ4n) is 4.12. The highest BCUT2D eigenvalue weighted by Gasteiger charge is 2.36. The Morgan fingerprint density at radius 1 is 1.09 bits per heavy atom. The minimum absolute atomic E-state index is 0.0454. The van der Waals surface area contributed by atoms with Crippen LogP contribution in [0.3, 0.4) is 0 Å². The van der Waals surface area contributed by atoms with Crippen LogP contribution in [0.4, 0.5) is 4.39 Å². The lowest BCUT2D eigenvalue weighted by Crippen LogP contribution is -2.28. The predicted octanol–water partition coefficient (Wildman–Crippen LogP) is 6.34. The van der Waals surface area contributed by atoms with E-state index in [0.29, 0.717) is 23.3 Å². The highest BCUT2D eigenvalue weighted by molar-refractivity contribution is 6.30. The molecule has 0 fully saturated rings. The van der Waals surface area contributed by atoms with Crippen LogP contribution < -0.4 is 4.74 Å². The van der Waals surface area contributed by atoms with Crippen LogP contribution in [0.5, 0.6) is 5.75 Å². The molecule has 0 N–H and O–H groups in total. The molecule has 1 aliphatic rings. The second-order valence-corrected chi connectivity index (χ2v) is 8.55. The first-order chi connectivity index (χ1) is 16.4. The molecule has 0 saturated heterocycles. The first-order valence-electron chi connectivity index (χ1n) is 10.8. The van der Waals surface area contributed by atoms with Crippen molar-refractivity contribution in [1.82, 2.24) is 9.99 Å². The number of methoxy groups -OCH3 is 1. The van der Waals surface area contributed by atoms with Crippen LogP contribution in [-0.2, 0) is 0 Å². The van der Waals surface area contributed by atoms with E-state index in [1.165, 1.54) is 17.1 Å². The van der Waals surface area contributed by atoms with Gasteiger partial charge in [-0.3, -0.25) is 4.79 Å². The van der Waals surface area contributed by atoms with Crippen molar-refractivity contribution in [2.75, 3.05) is 7.11 Å². The van der Waals surface area contributed by atoms with Crippen molar-refractivity contribution in [3.05, 3.63) is 106 Å². The molecule has 7 heteroatoms.